The van der Waals surface area contributed by atoms with E-state index < -0.39 is 0 Å². The van der Waals surface area contributed by atoms with E-state index in [4.69, 9.17) is 4.74 Å². The number of hydrogen-bond acceptors (Lipinski definition) is 7. The van der Waals surface area contributed by atoms with Crippen LogP contribution in [0.4, 0.5) is 5.82 Å². The molecule has 0 N–H and O–H groups in total. The van der Waals surface area contributed by atoms with Gasteiger partial charge < -0.3 is 9.64 Å². The third-order valence-electron chi connectivity index (χ3n) is 3.58. The molecular weight excluding hydrogens is 298 g/mol. The lowest BCUT2D eigenvalue weighted by Gasteiger charge is -2.18. The Balaban J connectivity index is 2.23. The van der Waals surface area contributed by atoms with E-state index in [0.717, 1.165) is 22.0 Å². The Hall–Kier alpha value is -2.04. The lowest BCUT2D eigenvalue weighted by atomic mass is 10.1. The minimum absolute atomic E-state index is 0.0138. The summed E-state index contributed by atoms with van der Waals surface area (Å²) in [6.07, 6.45) is -0.0138. The minimum atomic E-state index is -0.0138. The van der Waals surface area contributed by atoms with E-state index in [1.807, 2.05) is 38.1 Å². The Morgan fingerprint density at radius 1 is 1.41 bits per heavy atom. The minimum Gasteiger partial charge on any atom is -0.375 e. The van der Waals surface area contributed by atoms with Crippen LogP contribution in [0.1, 0.15) is 40.6 Å². The van der Waals surface area contributed by atoms with Crippen molar-refractivity contribution in [1.29, 1.82) is 5.26 Å². The van der Waals surface area contributed by atoms with Gasteiger partial charge in [0.25, 0.3) is 0 Å². The molecule has 0 amide bonds. The van der Waals surface area contributed by atoms with Gasteiger partial charge in [0, 0.05) is 19.5 Å². The van der Waals surface area contributed by atoms with Crippen LogP contribution in [0, 0.1) is 25.2 Å². The average molecular weight is 317 g/mol. The summed E-state index contributed by atoms with van der Waals surface area (Å²) in [6.45, 7) is 6.28. The summed E-state index contributed by atoms with van der Waals surface area (Å²) in [6, 6.07) is 2.22. The first-order valence-corrected chi connectivity index (χ1v) is 7.78. The molecule has 0 aromatic carbocycles. The van der Waals surface area contributed by atoms with Crippen LogP contribution in [0.5, 0.6) is 0 Å². The molecule has 2 aromatic heterocycles. The highest BCUT2D eigenvalue weighted by Crippen LogP contribution is 2.24. The standard InChI is InChI=1S/C15H19N5OS/c1-9-10(2)18-19-14(13(9)6-16)20(4)7-12-8-22-15(17-12)11(3)21-5/h8,11H,7H2,1-5H3. The van der Waals surface area contributed by atoms with Gasteiger partial charge in [-0.15, -0.1) is 16.4 Å². The summed E-state index contributed by atoms with van der Waals surface area (Å²) in [5, 5.41) is 20.6. The van der Waals surface area contributed by atoms with Crippen molar-refractivity contribution in [2.24, 2.45) is 0 Å². The molecule has 0 saturated carbocycles. The van der Waals surface area contributed by atoms with Crippen molar-refractivity contribution in [2.45, 2.75) is 33.4 Å². The largest absolute Gasteiger partial charge is 0.375 e. The van der Waals surface area contributed by atoms with E-state index in [0.29, 0.717) is 17.9 Å². The summed E-state index contributed by atoms with van der Waals surface area (Å²) < 4.78 is 5.27. The number of anilines is 1. The van der Waals surface area contributed by atoms with E-state index in [1.165, 1.54) is 0 Å². The van der Waals surface area contributed by atoms with Gasteiger partial charge in [0.2, 0.25) is 0 Å². The Kier molecular flexibility index (Phi) is 5.06. The number of aromatic nitrogens is 3. The van der Waals surface area contributed by atoms with Crippen LogP contribution < -0.4 is 4.90 Å². The number of hydrogen-bond donors (Lipinski definition) is 0. The molecule has 0 bridgehead atoms. The molecule has 1 atom stereocenters. The SMILES string of the molecule is COC(C)c1nc(CN(C)c2nnc(C)c(C)c2C#N)cs1. The molecule has 6 nitrogen and oxygen atoms in total. The van der Waals surface area contributed by atoms with Crippen LogP contribution in [0.15, 0.2) is 5.38 Å². The van der Waals surface area contributed by atoms with Gasteiger partial charge in [-0.1, -0.05) is 0 Å². The number of nitriles is 1. The predicted molar refractivity (Wildman–Crippen MR) is 85.9 cm³/mol. The second kappa shape index (κ2) is 6.81. The van der Waals surface area contributed by atoms with Gasteiger partial charge in [-0.3, -0.25) is 0 Å². The van der Waals surface area contributed by atoms with Crippen LogP contribution in [0.25, 0.3) is 0 Å². The lowest BCUT2D eigenvalue weighted by molar-refractivity contribution is 0.119. The smallest absolute Gasteiger partial charge is 0.169 e. The van der Waals surface area contributed by atoms with Crippen molar-refractivity contribution >= 4 is 17.2 Å². The Labute approximate surface area is 134 Å². The molecule has 0 fully saturated rings. The highest BCUT2D eigenvalue weighted by molar-refractivity contribution is 7.09. The second-order valence-corrected chi connectivity index (χ2v) is 6.02. The van der Waals surface area contributed by atoms with Crippen molar-refractivity contribution in [3.05, 3.63) is 32.9 Å². The summed E-state index contributed by atoms with van der Waals surface area (Å²) >= 11 is 1.57. The molecule has 22 heavy (non-hydrogen) atoms. The molecular formula is C15H19N5OS. The van der Waals surface area contributed by atoms with Crippen molar-refractivity contribution < 1.29 is 4.74 Å². The monoisotopic (exact) mass is 317 g/mol. The molecule has 2 rings (SSSR count). The van der Waals surface area contributed by atoms with Gasteiger partial charge in [-0.25, -0.2) is 4.98 Å². The average Bonchev–Trinajstić information content (AvgIpc) is 2.97. The fraction of sp³-hybridized carbons (Fsp3) is 0.467. The van der Waals surface area contributed by atoms with Crippen LogP contribution in [-0.4, -0.2) is 29.3 Å². The summed E-state index contributed by atoms with van der Waals surface area (Å²) in [7, 11) is 3.56. The zero-order valence-corrected chi connectivity index (χ0v) is 14.2. The van der Waals surface area contributed by atoms with Crippen LogP contribution in [-0.2, 0) is 11.3 Å². The van der Waals surface area contributed by atoms with Gasteiger partial charge in [0.15, 0.2) is 5.82 Å². The van der Waals surface area contributed by atoms with Crippen molar-refractivity contribution in [3.8, 4) is 6.07 Å². The van der Waals surface area contributed by atoms with E-state index in [-0.39, 0.29) is 6.10 Å². The third-order valence-corrected chi connectivity index (χ3v) is 4.63. The molecule has 0 saturated heterocycles. The highest BCUT2D eigenvalue weighted by Gasteiger charge is 2.16. The Morgan fingerprint density at radius 2 is 2.14 bits per heavy atom. The molecule has 7 heteroatoms. The van der Waals surface area contributed by atoms with Gasteiger partial charge in [0.05, 0.1) is 17.9 Å². The van der Waals surface area contributed by atoms with Crippen LogP contribution in [0.3, 0.4) is 0 Å². The van der Waals surface area contributed by atoms with Crippen LogP contribution >= 0.6 is 11.3 Å². The molecule has 0 radical (unpaired) electrons. The summed E-state index contributed by atoms with van der Waals surface area (Å²) in [5.74, 6) is 0.583. The van der Waals surface area contributed by atoms with Crippen molar-refractivity contribution in [1.82, 2.24) is 15.2 Å². The maximum Gasteiger partial charge on any atom is 0.169 e. The highest BCUT2D eigenvalue weighted by atomic mass is 32.1. The maximum atomic E-state index is 9.37. The van der Waals surface area contributed by atoms with E-state index in [9.17, 15) is 5.26 Å². The molecule has 1 unspecified atom stereocenters. The van der Waals surface area contributed by atoms with E-state index in [1.54, 1.807) is 18.4 Å². The lowest BCUT2D eigenvalue weighted by Crippen LogP contribution is -2.20. The molecule has 116 valence electrons. The maximum absolute atomic E-state index is 9.37. The van der Waals surface area contributed by atoms with Gasteiger partial charge in [0.1, 0.15) is 22.7 Å². The van der Waals surface area contributed by atoms with Crippen molar-refractivity contribution in [2.75, 3.05) is 19.1 Å². The number of rotatable bonds is 5. The first-order valence-electron chi connectivity index (χ1n) is 6.90. The van der Waals surface area contributed by atoms with Crippen LogP contribution in [0.2, 0.25) is 0 Å². The van der Waals surface area contributed by atoms with Gasteiger partial charge in [-0.05, 0) is 26.3 Å². The van der Waals surface area contributed by atoms with E-state index >= 15 is 0 Å². The van der Waals surface area contributed by atoms with Gasteiger partial charge >= 0.3 is 0 Å². The summed E-state index contributed by atoms with van der Waals surface area (Å²) in [4.78, 5) is 6.46. The molecule has 2 heterocycles. The fourth-order valence-electron chi connectivity index (χ4n) is 2.00. The van der Waals surface area contributed by atoms with Gasteiger partial charge in [-0.2, -0.15) is 10.4 Å². The van der Waals surface area contributed by atoms with E-state index in [2.05, 4.69) is 21.3 Å². The number of methoxy groups -OCH3 is 1. The zero-order valence-electron chi connectivity index (χ0n) is 13.4. The predicted octanol–water partition coefficient (Wildman–Crippen LogP) is 2.77. The first-order chi connectivity index (χ1) is 10.5. The molecule has 0 aliphatic rings. The molecule has 2 aromatic rings. The third kappa shape index (κ3) is 3.24. The number of ether oxygens (including phenoxy) is 1. The normalized spacial score (nSPS) is 12.0. The second-order valence-electron chi connectivity index (χ2n) is 5.13. The molecule has 0 aliphatic heterocycles. The zero-order chi connectivity index (χ0) is 16.3. The number of aryl methyl sites for hydroxylation is 1. The number of nitrogens with zero attached hydrogens (tertiary/aromatic N) is 5. The Bertz CT molecular complexity index is 706. The quantitative estimate of drug-likeness (QED) is 0.844. The fourth-order valence-corrected chi connectivity index (χ4v) is 2.84. The first kappa shape index (κ1) is 16.3. The molecule has 0 aliphatic carbocycles. The number of thiazole rings is 1. The summed E-state index contributed by atoms with van der Waals surface area (Å²) in [5.41, 5.74) is 3.14. The topological polar surface area (TPSA) is 74.9 Å². The molecule has 0 spiro atoms. The van der Waals surface area contributed by atoms with Crippen molar-refractivity contribution in [3.63, 3.8) is 0 Å². The Morgan fingerprint density at radius 3 is 2.77 bits per heavy atom.